The minimum absolute atomic E-state index is 0.00178. The van der Waals surface area contributed by atoms with E-state index in [9.17, 15) is 9.59 Å². The van der Waals surface area contributed by atoms with E-state index in [0.717, 1.165) is 0 Å². The van der Waals surface area contributed by atoms with Gasteiger partial charge in [-0.2, -0.15) is 0 Å². The number of benzene rings is 1. The number of nitrogens with zero attached hydrogens (tertiary/aromatic N) is 1. The van der Waals surface area contributed by atoms with Crippen molar-refractivity contribution < 1.29 is 19.4 Å². The monoisotopic (exact) mass is 281 g/mol. The number of hydrogen-bond donors (Lipinski definition) is 1. The molecule has 1 aromatic carbocycles. The molecule has 1 fully saturated rings. The minimum atomic E-state index is -0.397. The van der Waals surface area contributed by atoms with Crippen LogP contribution in [0.2, 0.25) is 0 Å². The Morgan fingerprint density at radius 2 is 2.26 bits per heavy atom. The van der Waals surface area contributed by atoms with Crippen LogP contribution in [0.3, 0.4) is 0 Å². The highest BCUT2D eigenvalue weighted by Crippen LogP contribution is 2.31. The van der Waals surface area contributed by atoms with Gasteiger partial charge < -0.3 is 9.84 Å². The van der Waals surface area contributed by atoms with Gasteiger partial charge in [-0.3, -0.25) is 9.59 Å². The van der Waals surface area contributed by atoms with Crippen LogP contribution in [0.15, 0.2) is 24.3 Å². The molecule has 102 valence electrons. The molecule has 6 heteroatoms. The fraction of sp³-hybridized carbons (Fsp3) is 0.385. The average Bonchev–Trinajstić information content (AvgIpc) is 2.71. The highest BCUT2D eigenvalue weighted by atomic mass is 32.2. The molecular formula is C13H15NO4S. The summed E-state index contributed by atoms with van der Waals surface area (Å²) in [6.07, 6.45) is 0.181. The standard InChI is InChI=1S/C13H15NO4S/c1-18-10-4-2-3-9(7-10)14-12(16)8-11(13(14)17)19-6-5-15/h2-4,7,11,15H,5-6,8H2,1H3/t11-/m0/s1. The first-order valence-corrected chi connectivity index (χ1v) is 6.95. The van der Waals surface area contributed by atoms with Gasteiger partial charge in [0.25, 0.3) is 0 Å². The second-order valence-corrected chi connectivity index (χ2v) is 5.37. The van der Waals surface area contributed by atoms with Gasteiger partial charge in [-0.05, 0) is 12.1 Å². The van der Waals surface area contributed by atoms with Crippen LogP contribution in [0.1, 0.15) is 6.42 Å². The van der Waals surface area contributed by atoms with Crippen LogP contribution in [0.5, 0.6) is 5.75 Å². The van der Waals surface area contributed by atoms with Crippen LogP contribution >= 0.6 is 11.8 Å². The maximum Gasteiger partial charge on any atom is 0.247 e. The first-order valence-electron chi connectivity index (χ1n) is 5.90. The number of aliphatic hydroxyl groups is 1. The summed E-state index contributed by atoms with van der Waals surface area (Å²) in [6, 6.07) is 6.86. The van der Waals surface area contributed by atoms with Crippen molar-refractivity contribution >= 4 is 29.3 Å². The second-order valence-electron chi connectivity index (χ2n) is 4.06. The van der Waals surface area contributed by atoms with E-state index in [-0.39, 0.29) is 24.8 Å². The summed E-state index contributed by atoms with van der Waals surface area (Å²) < 4.78 is 5.09. The number of thioether (sulfide) groups is 1. The van der Waals surface area contributed by atoms with E-state index in [1.54, 1.807) is 24.3 Å². The van der Waals surface area contributed by atoms with Crippen molar-refractivity contribution in [3.8, 4) is 5.75 Å². The molecule has 0 radical (unpaired) electrons. The van der Waals surface area contributed by atoms with Crippen molar-refractivity contribution in [1.29, 1.82) is 0 Å². The summed E-state index contributed by atoms with van der Waals surface area (Å²) in [5.74, 6) is 0.616. The lowest BCUT2D eigenvalue weighted by molar-refractivity contribution is -0.121. The zero-order chi connectivity index (χ0) is 13.8. The molecule has 0 aromatic heterocycles. The molecule has 0 unspecified atom stereocenters. The predicted octanol–water partition coefficient (Wildman–Crippen LogP) is 1.05. The highest BCUT2D eigenvalue weighted by Gasteiger charge is 2.39. The number of hydrogen-bond acceptors (Lipinski definition) is 5. The lowest BCUT2D eigenvalue weighted by Gasteiger charge is -2.15. The van der Waals surface area contributed by atoms with Crippen LogP contribution < -0.4 is 9.64 Å². The van der Waals surface area contributed by atoms with Crippen molar-refractivity contribution in [2.24, 2.45) is 0 Å². The lowest BCUT2D eigenvalue weighted by atomic mass is 10.3. The normalized spacial score (nSPS) is 19.1. The fourth-order valence-corrected chi connectivity index (χ4v) is 2.85. The number of aliphatic hydroxyl groups excluding tert-OH is 1. The maximum absolute atomic E-state index is 12.2. The van der Waals surface area contributed by atoms with Crippen LogP contribution in [-0.4, -0.2) is 41.6 Å². The molecule has 2 amide bonds. The third-order valence-electron chi connectivity index (χ3n) is 2.83. The van der Waals surface area contributed by atoms with E-state index in [1.165, 1.54) is 23.8 Å². The molecule has 0 bridgehead atoms. The number of ether oxygens (including phenoxy) is 1. The second kappa shape index (κ2) is 6.08. The SMILES string of the molecule is COc1cccc(N2C(=O)C[C@H](SCCO)C2=O)c1. The Hall–Kier alpha value is -1.53. The molecule has 1 heterocycles. The summed E-state index contributed by atoms with van der Waals surface area (Å²) in [4.78, 5) is 25.3. The zero-order valence-electron chi connectivity index (χ0n) is 10.5. The molecule has 1 atom stereocenters. The Kier molecular flexibility index (Phi) is 4.44. The van der Waals surface area contributed by atoms with Gasteiger partial charge >= 0.3 is 0 Å². The Balaban J connectivity index is 2.19. The molecule has 1 aliphatic rings. The maximum atomic E-state index is 12.2. The first-order chi connectivity index (χ1) is 9.17. The summed E-state index contributed by atoms with van der Waals surface area (Å²) in [7, 11) is 1.53. The molecule has 2 rings (SSSR count). The fourth-order valence-electron chi connectivity index (χ4n) is 1.95. The van der Waals surface area contributed by atoms with Crippen molar-refractivity contribution in [1.82, 2.24) is 0 Å². The Morgan fingerprint density at radius 1 is 1.47 bits per heavy atom. The largest absolute Gasteiger partial charge is 0.497 e. The quantitative estimate of drug-likeness (QED) is 0.817. The summed E-state index contributed by atoms with van der Waals surface area (Å²) >= 11 is 1.31. The van der Waals surface area contributed by atoms with Gasteiger partial charge in [-0.25, -0.2) is 4.90 Å². The number of anilines is 1. The van der Waals surface area contributed by atoms with E-state index in [4.69, 9.17) is 9.84 Å². The molecular weight excluding hydrogens is 266 g/mol. The van der Waals surface area contributed by atoms with E-state index in [0.29, 0.717) is 17.2 Å². The van der Waals surface area contributed by atoms with E-state index >= 15 is 0 Å². The van der Waals surface area contributed by atoms with Crippen molar-refractivity contribution in [2.75, 3.05) is 24.4 Å². The molecule has 1 aliphatic heterocycles. The highest BCUT2D eigenvalue weighted by molar-refractivity contribution is 8.00. The van der Waals surface area contributed by atoms with Gasteiger partial charge in [0.15, 0.2) is 0 Å². The van der Waals surface area contributed by atoms with Crippen LogP contribution in [-0.2, 0) is 9.59 Å². The van der Waals surface area contributed by atoms with E-state index in [1.807, 2.05) is 0 Å². The number of carbonyl (C=O) groups excluding carboxylic acids is 2. The predicted molar refractivity (Wildman–Crippen MR) is 73.4 cm³/mol. The van der Waals surface area contributed by atoms with Gasteiger partial charge in [0, 0.05) is 18.2 Å². The zero-order valence-corrected chi connectivity index (χ0v) is 11.4. The minimum Gasteiger partial charge on any atom is -0.497 e. The van der Waals surface area contributed by atoms with Crippen LogP contribution in [0, 0.1) is 0 Å². The Morgan fingerprint density at radius 3 is 2.95 bits per heavy atom. The number of carbonyl (C=O) groups is 2. The third kappa shape index (κ3) is 2.90. The molecule has 0 aliphatic carbocycles. The molecule has 19 heavy (non-hydrogen) atoms. The average molecular weight is 281 g/mol. The van der Waals surface area contributed by atoms with Gasteiger partial charge in [-0.1, -0.05) is 6.07 Å². The Labute approximate surface area is 115 Å². The van der Waals surface area contributed by atoms with Gasteiger partial charge in [-0.15, -0.1) is 11.8 Å². The summed E-state index contributed by atoms with van der Waals surface area (Å²) in [5, 5.41) is 8.39. The van der Waals surface area contributed by atoms with Crippen molar-refractivity contribution in [3.05, 3.63) is 24.3 Å². The van der Waals surface area contributed by atoms with Crippen LogP contribution in [0.4, 0.5) is 5.69 Å². The third-order valence-corrected chi connectivity index (χ3v) is 4.02. The van der Waals surface area contributed by atoms with E-state index in [2.05, 4.69) is 0 Å². The lowest BCUT2D eigenvalue weighted by Crippen LogP contribution is -2.31. The molecule has 0 spiro atoms. The van der Waals surface area contributed by atoms with Crippen molar-refractivity contribution in [2.45, 2.75) is 11.7 Å². The number of rotatable bonds is 5. The molecule has 1 saturated heterocycles. The first kappa shape index (κ1) is 13.9. The van der Waals surface area contributed by atoms with Gasteiger partial charge in [0.2, 0.25) is 11.8 Å². The Bertz CT molecular complexity index is 491. The summed E-state index contributed by atoms with van der Waals surface area (Å²) in [6.45, 7) is 0.00178. The topological polar surface area (TPSA) is 66.8 Å². The van der Waals surface area contributed by atoms with E-state index < -0.39 is 5.25 Å². The molecule has 5 nitrogen and oxygen atoms in total. The smallest absolute Gasteiger partial charge is 0.247 e. The number of methoxy groups -OCH3 is 1. The number of imide groups is 1. The van der Waals surface area contributed by atoms with Gasteiger partial charge in [0.05, 0.1) is 24.7 Å². The molecule has 1 aromatic rings. The summed E-state index contributed by atoms with van der Waals surface area (Å²) in [5.41, 5.74) is 0.529. The molecule has 0 saturated carbocycles. The number of amides is 2. The van der Waals surface area contributed by atoms with Crippen LogP contribution in [0.25, 0.3) is 0 Å². The van der Waals surface area contributed by atoms with Crippen molar-refractivity contribution in [3.63, 3.8) is 0 Å². The van der Waals surface area contributed by atoms with Gasteiger partial charge in [0.1, 0.15) is 5.75 Å². The molecule has 1 N–H and O–H groups in total.